The highest BCUT2D eigenvalue weighted by molar-refractivity contribution is 4.95. The maximum absolute atomic E-state index is 11.6. The van der Waals surface area contributed by atoms with Crippen LogP contribution in [0.5, 0.6) is 0 Å². The van der Waals surface area contributed by atoms with Gasteiger partial charge in [-0.1, -0.05) is 65.7 Å². The van der Waals surface area contributed by atoms with E-state index in [1.165, 1.54) is 25.7 Å². The molecule has 0 saturated heterocycles. The number of ether oxygens (including phenoxy) is 6. The molecule has 0 spiro atoms. The molecule has 0 aliphatic heterocycles. The summed E-state index contributed by atoms with van der Waals surface area (Å²) < 4.78 is 34.0. The summed E-state index contributed by atoms with van der Waals surface area (Å²) in [5, 5.41) is 31.7. The van der Waals surface area contributed by atoms with Crippen LogP contribution in [0.15, 0.2) is 0 Å². The summed E-state index contributed by atoms with van der Waals surface area (Å²) in [4.78, 5) is 0. The summed E-state index contributed by atoms with van der Waals surface area (Å²) in [6.07, 6.45) is 8.97. The van der Waals surface area contributed by atoms with Crippen molar-refractivity contribution in [1.82, 2.24) is 0 Å². The molecule has 2 unspecified atom stereocenters. The van der Waals surface area contributed by atoms with Gasteiger partial charge in [-0.05, 0) is 19.3 Å². The first-order valence-electron chi connectivity index (χ1n) is 14.6. The van der Waals surface area contributed by atoms with Crippen molar-refractivity contribution >= 4 is 0 Å². The minimum Gasteiger partial charge on any atom is -0.394 e. The molecule has 0 aliphatic carbocycles. The minimum absolute atomic E-state index is 0.184. The summed E-state index contributed by atoms with van der Waals surface area (Å²) in [6.45, 7) is 9.03. The van der Waals surface area contributed by atoms with Crippen LogP contribution in [0.2, 0.25) is 0 Å². The lowest BCUT2D eigenvalue weighted by molar-refractivity contribution is -0.226. The Hall–Kier alpha value is -0.360. The Morgan fingerprint density at radius 1 is 0.486 bits per heavy atom. The fourth-order valence-corrected chi connectivity index (χ4v) is 3.77. The molecular weight excluding hydrogens is 480 g/mol. The molecule has 0 bridgehead atoms. The van der Waals surface area contributed by atoms with Crippen molar-refractivity contribution in [2.75, 3.05) is 79.3 Å². The molecule has 37 heavy (non-hydrogen) atoms. The average molecular weight is 539 g/mol. The SMILES string of the molecule is CCCCCCOCCOC(CO)C(O)(COCCOCCCC)C(CO)OCCOCCCCCC. The predicted octanol–water partition coefficient (Wildman–Crippen LogP) is 3.50. The lowest BCUT2D eigenvalue weighted by atomic mass is 9.91. The van der Waals surface area contributed by atoms with Gasteiger partial charge in [0, 0.05) is 19.8 Å². The molecule has 0 saturated carbocycles. The van der Waals surface area contributed by atoms with E-state index in [1.54, 1.807) is 0 Å². The number of hydrogen-bond donors (Lipinski definition) is 3. The fourth-order valence-electron chi connectivity index (χ4n) is 3.77. The zero-order chi connectivity index (χ0) is 27.5. The van der Waals surface area contributed by atoms with Crippen LogP contribution < -0.4 is 0 Å². The summed E-state index contributed by atoms with van der Waals surface area (Å²) in [5.74, 6) is 0. The Labute approximate surface area is 226 Å². The Morgan fingerprint density at radius 3 is 1.32 bits per heavy atom. The van der Waals surface area contributed by atoms with Crippen molar-refractivity contribution in [3.05, 3.63) is 0 Å². The number of hydrogen-bond acceptors (Lipinski definition) is 9. The van der Waals surface area contributed by atoms with Gasteiger partial charge in [0.25, 0.3) is 0 Å². The van der Waals surface area contributed by atoms with Crippen molar-refractivity contribution in [3.8, 4) is 0 Å². The van der Waals surface area contributed by atoms with Gasteiger partial charge in [0.05, 0.1) is 59.5 Å². The first-order chi connectivity index (χ1) is 18.1. The highest BCUT2D eigenvalue weighted by Gasteiger charge is 2.46. The third kappa shape index (κ3) is 19.4. The Balaban J connectivity index is 4.78. The van der Waals surface area contributed by atoms with E-state index in [1.807, 2.05) is 0 Å². The van der Waals surface area contributed by atoms with Crippen molar-refractivity contribution < 1.29 is 43.7 Å². The Bertz CT molecular complexity index is 425. The largest absolute Gasteiger partial charge is 0.394 e. The fraction of sp³-hybridized carbons (Fsp3) is 1.00. The van der Waals surface area contributed by atoms with Crippen LogP contribution in [0.25, 0.3) is 0 Å². The van der Waals surface area contributed by atoms with Crippen LogP contribution in [-0.2, 0) is 28.4 Å². The first kappa shape index (κ1) is 36.6. The molecular formula is C28H58O9. The lowest BCUT2D eigenvalue weighted by Gasteiger charge is -2.40. The first-order valence-corrected chi connectivity index (χ1v) is 14.6. The highest BCUT2D eigenvalue weighted by Crippen LogP contribution is 2.23. The molecule has 9 nitrogen and oxygen atoms in total. The van der Waals surface area contributed by atoms with E-state index < -0.39 is 31.0 Å². The highest BCUT2D eigenvalue weighted by atomic mass is 16.6. The minimum atomic E-state index is -1.77. The Kier molecular flexibility index (Phi) is 27.0. The van der Waals surface area contributed by atoms with E-state index in [2.05, 4.69) is 20.8 Å². The van der Waals surface area contributed by atoms with Gasteiger partial charge in [-0.3, -0.25) is 0 Å². The average Bonchev–Trinajstić information content (AvgIpc) is 2.90. The van der Waals surface area contributed by atoms with Crippen LogP contribution in [-0.4, -0.2) is 112 Å². The molecule has 0 radical (unpaired) electrons. The molecule has 0 amide bonds. The van der Waals surface area contributed by atoms with E-state index >= 15 is 0 Å². The Morgan fingerprint density at radius 2 is 0.892 bits per heavy atom. The third-order valence-corrected chi connectivity index (χ3v) is 6.17. The summed E-state index contributed by atoms with van der Waals surface area (Å²) in [5.41, 5.74) is -1.77. The van der Waals surface area contributed by atoms with Crippen LogP contribution >= 0.6 is 0 Å². The molecule has 3 N–H and O–H groups in total. The summed E-state index contributed by atoms with van der Waals surface area (Å²) in [6, 6.07) is 0. The lowest BCUT2D eigenvalue weighted by Crippen LogP contribution is -2.60. The van der Waals surface area contributed by atoms with E-state index in [0.717, 1.165) is 38.5 Å². The van der Waals surface area contributed by atoms with Crippen molar-refractivity contribution in [2.45, 2.75) is 103 Å². The molecule has 0 aromatic rings. The second-order valence-electron chi connectivity index (χ2n) is 9.44. The molecule has 0 heterocycles. The van der Waals surface area contributed by atoms with Gasteiger partial charge in [0.15, 0.2) is 0 Å². The van der Waals surface area contributed by atoms with E-state index in [4.69, 9.17) is 28.4 Å². The molecule has 2 atom stereocenters. The maximum atomic E-state index is 11.6. The molecule has 0 aliphatic rings. The summed E-state index contributed by atoms with van der Waals surface area (Å²) in [7, 11) is 0. The number of rotatable bonds is 30. The topological polar surface area (TPSA) is 116 Å². The monoisotopic (exact) mass is 538 g/mol. The molecule has 0 aromatic heterocycles. The number of unbranched alkanes of at least 4 members (excludes halogenated alkanes) is 7. The second kappa shape index (κ2) is 27.2. The van der Waals surface area contributed by atoms with Gasteiger partial charge in [0.1, 0.15) is 17.8 Å². The number of aliphatic hydroxyl groups excluding tert-OH is 2. The van der Waals surface area contributed by atoms with E-state index in [9.17, 15) is 15.3 Å². The van der Waals surface area contributed by atoms with E-state index in [-0.39, 0.29) is 26.4 Å². The van der Waals surface area contributed by atoms with Gasteiger partial charge in [-0.25, -0.2) is 0 Å². The molecule has 224 valence electrons. The van der Waals surface area contributed by atoms with Gasteiger partial charge in [0.2, 0.25) is 0 Å². The number of aliphatic hydroxyl groups is 3. The van der Waals surface area contributed by atoms with Crippen LogP contribution in [0.4, 0.5) is 0 Å². The third-order valence-electron chi connectivity index (χ3n) is 6.17. The summed E-state index contributed by atoms with van der Waals surface area (Å²) >= 11 is 0. The van der Waals surface area contributed by atoms with Crippen molar-refractivity contribution in [1.29, 1.82) is 0 Å². The zero-order valence-corrected chi connectivity index (χ0v) is 24.0. The maximum Gasteiger partial charge on any atom is 0.144 e. The smallest absolute Gasteiger partial charge is 0.144 e. The molecule has 9 heteroatoms. The normalized spacial score (nSPS) is 15.1. The molecule has 0 aromatic carbocycles. The second-order valence-corrected chi connectivity index (χ2v) is 9.44. The quantitative estimate of drug-likeness (QED) is 0.118. The van der Waals surface area contributed by atoms with Crippen LogP contribution in [0, 0.1) is 0 Å². The van der Waals surface area contributed by atoms with Gasteiger partial charge in [-0.15, -0.1) is 0 Å². The van der Waals surface area contributed by atoms with E-state index in [0.29, 0.717) is 39.6 Å². The van der Waals surface area contributed by atoms with Crippen molar-refractivity contribution in [2.24, 2.45) is 0 Å². The van der Waals surface area contributed by atoms with Gasteiger partial charge < -0.3 is 43.7 Å². The molecule has 0 rings (SSSR count). The predicted molar refractivity (Wildman–Crippen MR) is 145 cm³/mol. The standard InChI is InChI=1S/C28H58O9/c1-4-7-10-12-15-33-19-21-36-26(23-29)28(31,25-35-18-17-32-14-9-6-3)27(24-30)37-22-20-34-16-13-11-8-5-2/h26-27,29-31H,4-25H2,1-3H3. The zero-order valence-electron chi connectivity index (χ0n) is 24.0. The van der Waals surface area contributed by atoms with Crippen molar-refractivity contribution in [3.63, 3.8) is 0 Å². The van der Waals surface area contributed by atoms with Gasteiger partial charge in [-0.2, -0.15) is 0 Å². The van der Waals surface area contributed by atoms with Crippen LogP contribution in [0.3, 0.4) is 0 Å². The van der Waals surface area contributed by atoms with Gasteiger partial charge >= 0.3 is 0 Å². The molecule has 0 fully saturated rings. The van der Waals surface area contributed by atoms with Crippen LogP contribution in [0.1, 0.15) is 85.0 Å².